The van der Waals surface area contributed by atoms with E-state index in [1.54, 1.807) is 7.11 Å². The number of halogens is 1. The Morgan fingerprint density at radius 3 is 2.83 bits per heavy atom. The van der Waals surface area contributed by atoms with Crippen LogP contribution in [0.15, 0.2) is 42.5 Å². The second kappa shape index (κ2) is 6.58. The van der Waals surface area contributed by atoms with Crippen LogP contribution < -0.4 is 10.5 Å². The predicted octanol–water partition coefficient (Wildman–Crippen LogP) is 2.74. The highest BCUT2D eigenvalue weighted by atomic mass is 35.5. The summed E-state index contributed by atoms with van der Waals surface area (Å²) in [5.41, 5.74) is 8.77. The zero-order valence-corrected chi connectivity index (χ0v) is 13.5. The minimum absolute atomic E-state index is 0.171. The van der Waals surface area contributed by atoms with Gasteiger partial charge in [-0.3, -0.25) is 0 Å². The Morgan fingerprint density at radius 2 is 2.13 bits per heavy atom. The first kappa shape index (κ1) is 15.8. The van der Waals surface area contributed by atoms with Crippen LogP contribution in [0.2, 0.25) is 5.02 Å². The fourth-order valence-corrected chi connectivity index (χ4v) is 2.81. The fourth-order valence-electron chi connectivity index (χ4n) is 2.60. The number of rotatable bonds is 5. The molecule has 0 aliphatic heterocycles. The van der Waals surface area contributed by atoms with Crippen molar-refractivity contribution in [2.75, 3.05) is 13.7 Å². The van der Waals surface area contributed by atoms with Crippen LogP contribution in [0.3, 0.4) is 0 Å². The molecule has 0 aliphatic carbocycles. The third-order valence-electron chi connectivity index (χ3n) is 3.74. The van der Waals surface area contributed by atoms with E-state index in [1.165, 1.54) is 0 Å². The molecule has 3 rings (SSSR count). The molecule has 1 aromatic heterocycles. The van der Waals surface area contributed by atoms with Gasteiger partial charge in [0, 0.05) is 17.6 Å². The number of aliphatic hydroxyl groups excluding tert-OH is 1. The van der Waals surface area contributed by atoms with Gasteiger partial charge in [-0.2, -0.15) is 0 Å². The molecule has 1 unspecified atom stereocenters. The minimum atomic E-state index is -0.549. The maximum absolute atomic E-state index is 9.42. The molecule has 0 fully saturated rings. The van der Waals surface area contributed by atoms with E-state index in [4.69, 9.17) is 22.1 Å². The van der Waals surface area contributed by atoms with Crippen molar-refractivity contribution < 1.29 is 9.84 Å². The Labute approximate surface area is 139 Å². The molecule has 0 saturated carbocycles. The molecule has 3 N–H and O–H groups in total. The second-order valence-electron chi connectivity index (χ2n) is 5.33. The summed E-state index contributed by atoms with van der Waals surface area (Å²) >= 11 is 6.07. The lowest BCUT2D eigenvalue weighted by atomic mass is 10.2. The number of ether oxygens (including phenoxy) is 1. The van der Waals surface area contributed by atoms with Crippen molar-refractivity contribution in [3.63, 3.8) is 0 Å². The van der Waals surface area contributed by atoms with E-state index in [-0.39, 0.29) is 6.61 Å². The number of aromatic nitrogens is 2. The van der Waals surface area contributed by atoms with Crippen LogP contribution in [-0.2, 0) is 6.54 Å². The smallest absolute Gasteiger partial charge is 0.129 e. The van der Waals surface area contributed by atoms with Gasteiger partial charge in [-0.15, -0.1) is 0 Å². The van der Waals surface area contributed by atoms with Crippen molar-refractivity contribution in [1.82, 2.24) is 9.55 Å². The maximum atomic E-state index is 9.42. The highest BCUT2D eigenvalue weighted by Gasteiger charge is 2.17. The average Bonchev–Trinajstić information content (AvgIpc) is 2.92. The quantitative estimate of drug-likeness (QED) is 0.754. The summed E-state index contributed by atoms with van der Waals surface area (Å²) in [6, 6.07) is 12.7. The largest absolute Gasteiger partial charge is 0.497 e. The number of imidazole rings is 1. The molecule has 0 spiro atoms. The Morgan fingerprint density at radius 1 is 1.30 bits per heavy atom. The monoisotopic (exact) mass is 331 g/mol. The summed E-state index contributed by atoms with van der Waals surface area (Å²) in [5, 5.41) is 10.1. The summed E-state index contributed by atoms with van der Waals surface area (Å²) in [5.74, 6) is 1.38. The normalized spacial score (nSPS) is 12.5. The average molecular weight is 332 g/mol. The molecule has 0 saturated heterocycles. The van der Waals surface area contributed by atoms with Crippen molar-refractivity contribution in [1.29, 1.82) is 0 Å². The first-order valence-corrected chi connectivity index (χ1v) is 7.65. The van der Waals surface area contributed by atoms with Gasteiger partial charge in [-0.05, 0) is 29.8 Å². The highest BCUT2D eigenvalue weighted by molar-refractivity contribution is 6.30. The van der Waals surface area contributed by atoms with Gasteiger partial charge in [-0.1, -0.05) is 23.7 Å². The topological polar surface area (TPSA) is 73.3 Å². The number of hydrogen-bond acceptors (Lipinski definition) is 4. The number of fused-ring (bicyclic) bond motifs is 1. The van der Waals surface area contributed by atoms with Crippen LogP contribution in [0.25, 0.3) is 11.0 Å². The van der Waals surface area contributed by atoms with Gasteiger partial charge in [0.1, 0.15) is 11.6 Å². The Hall–Kier alpha value is -2.08. The molecule has 6 heteroatoms. The molecule has 2 aromatic carbocycles. The van der Waals surface area contributed by atoms with Crippen molar-refractivity contribution in [3.8, 4) is 5.75 Å². The number of nitrogens with two attached hydrogens (primary N) is 1. The van der Waals surface area contributed by atoms with Crippen molar-refractivity contribution >= 4 is 22.6 Å². The molecule has 3 aromatic rings. The number of benzene rings is 2. The zero-order valence-electron chi connectivity index (χ0n) is 12.7. The van der Waals surface area contributed by atoms with Crippen LogP contribution in [-0.4, -0.2) is 28.4 Å². The molecule has 23 heavy (non-hydrogen) atoms. The molecule has 1 heterocycles. The first-order valence-electron chi connectivity index (χ1n) is 7.27. The maximum Gasteiger partial charge on any atom is 0.129 e. The van der Waals surface area contributed by atoms with Crippen LogP contribution >= 0.6 is 11.6 Å². The van der Waals surface area contributed by atoms with Gasteiger partial charge in [0.15, 0.2) is 0 Å². The molecule has 1 atom stereocenters. The molecule has 0 amide bonds. The Kier molecular flexibility index (Phi) is 4.52. The molecule has 0 radical (unpaired) electrons. The molecular formula is C17H18ClN3O2. The number of nitrogens with zero attached hydrogens (tertiary/aromatic N) is 2. The lowest BCUT2D eigenvalue weighted by Gasteiger charge is -2.13. The Balaban J connectivity index is 2.14. The second-order valence-corrected chi connectivity index (χ2v) is 5.77. The molecular weight excluding hydrogens is 314 g/mol. The molecule has 0 aliphatic rings. The fraction of sp³-hybridized carbons (Fsp3) is 0.235. The van der Waals surface area contributed by atoms with E-state index < -0.39 is 6.04 Å². The highest BCUT2D eigenvalue weighted by Crippen LogP contribution is 2.25. The predicted molar refractivity (Wildman–Crippen MR) is 90.9 cm³/mol. The van der Waals surface area contributed by atoms with Crippen molar-refractivity contribution in [2.24, 2.45) is 5.73 Å². The SMILES string of the molecule is COc1ccc2nc(C(N)CO)n(Cc3cccc(Cl)c3)c2c1. The van der Waals surface area contributed by atoms with Gasteiger partial charge >= 0.3 is 0 Å². The lowest BCUT2D eigenvalue weighted by Crippen LogP contribution is -2.20. The first-order chi connectivity index (χ1) is 11.1. The summed E-state index contributed by atoms with van der Waals surface area (Å²) < 4.78 is 7.29. The third-order valence-corrected chi connectivity index (χ3v) is 3.98. The standard InChI is InChI=1S/C17H18ClN3O2/c1-23-13-5-6-15-16(8-13)21(17(20-15)14(19)10-22)9-11-3-2-4-12(18)7-11/h2-8,14,22H,9-10,19H2,1H3. The number of hydrogen-bond donors (Lipinski definition) is 2. The van der Waals surface area contributed by atoms with E-state index in [0.29, 0.717) is 17.4 Å². The van der Waals surface area contributed by atoms with Crippen molar-refractivity contribution in [3.05, 3.63) is 58.9 Å². The summed E-state index contributed by atoms with van der Waals surface area (Å²) in [4.78, 5) is 4.57. The van der Waals surface area contributed by atoms with E-state index in [9.17, 15) is 5.11 Å². The van der Waals surface area contributed by atoms with Gasteiger partial charge in [0.05, 0.1) is 30.8 Å². The van der Waals surface area contributed by atoms with E-state index in [1.807, 2.05) is 47.0 Å². The summed E-state index contributed by atoms with van der Waals surface area (Å²) in [6.07, 6.45) is 0. The Bertz CT molecular complexity index is 832. The number of methoxy groups -OCH3 is 1. The van der Waals surface area contributed by atoms with E-state index in [2.05, 4.69) is 4.98 Å². The van der Waals surface area contributed by atoms with Gasteiger partial charge < -0.3 is 20.1 Å². The van der Waals surface area contributed by atoms with Crippen molar-refractivity contribution in [2.45, 2.75) is 12.6 Å². The summed E-state index contributed by atoms with van der Waals surface area (Å²) in [7, 11) is 1.62. The summed E-state index contributed by atoms with van der Waals surface area (Å²) in [6.45, 7) is 0.392. The minimum Gasteiger partial charge on any atom is -0.497 e. The van der Waals surface area contributed by atoms with Crippen LogP contribution in [0.5, 0.6) is 5.75 Å². The van der Waals surface area contributed by atoms with E-state index in [0.717, 1.165) is 22.3 Å². The zero-order chi connectivity index (χ0) is 16.4. The number of aliphatic hydroxyl groups is 1. The third kappa shape index (κ3) is 3.17. The van der Waals surface area contributed by atoms with Gasteiger partial charge in [0.25, 0.3) is 0 Å². The van der Waals surface area contributed by atoms with E-state index >= 15 is 0 Å². The molecule has 0 bridgehead atoms. The molecule has 5 nitrogen and oxygen atoms in total. The van der Waals surface area contributed by atoms with Gasteiger partial charge in [-0.25, -0.2) is 4.98 Å². The lowest BCUT2D eigenvalue weighted by molar-refractivity contribution is 0.261. The molecule has 120 valence electrons. The van der Waals surface area contributed by atoms with Crippen LogP contribution in [0.1, 0.15) is 17.4 Å². The van der Waals surface area contributed by atoms with Gasteiger partial charge in [0.2, 0.25) is 0 Å². The van der Waals surface area contributed by atoms with Crippen LogP contribution in [0, 0.1) is 0 Å². The van der Waals surface area contributed by atoms with Crippen LogP contribution in [0.4, 0.5) is 0 Å².